The molecule has 0 N–H and O–H groups in total. The summed E-state index contributed by atoms with van der Waals surface area (Å²) >= 11 is 0. The molecule has 118 valence electrons. The molecule has 20 heavy (non-hydrogen) atoms. The lowest BCUT2D eigenvalue weighted by Crippen LogP contribution is -2.43. The van der Waals surface area contributed by atoms with Crippen molar-refractivity contribution in [3.05, 3.63) is 0 Å². The van der Waals surface area contributed by atoms with Gasteiger partial charge in [-0.2, -0.15) is 0 Å². The molecular weight excluding hydrogens is 268 g/mol. The zero-order valence-corrected chi connectivity index (χ0v) is 15.3. The number of hydrogen-bond donors (Lipinski definition) is 0. The van der Waals surface area contributed by atoms with Gasteiger partial charge in [0.1, 0.15) is 0 Å². The second-order valence-corrected chi connectivity index (χ2v) is 14.2. The van der Waals surface area contributed by atoms with Gasteiger partial charge in [-0.1, -0.05) is 26.6 Å². The third-order valence-electron chi connectivity index (χ3n) is 5.51. The summed E-state index contributed by atoms with van der Waals surface area (Å²) in [6.45, 7) is 15.6. The predicted octanol–water partition coefficient (Wildman–Crippen LogP) is 4.05. The van der Waals surface area contributed by atoms with Gasteiger partial charge in [-0.25, -0.2) is 0 Å². The minimum absolute atomic E-state index is 0.0533. The molecule has 0 radical (unpaired) electrons. The molecule has 1 saturated carbocycles. The van der Waals surface area contributed by atoms with Crippen LogP contribution in [-0.2, 0) is 14.2 Å². The van der Waals surface area contributed by atoms with Crippen LogP contribution in [-0.4, -0.2) is 39.8 Å². The summed E-state index contributed by atoms with van der Waals surface area (Å²) in [6, 6.07) is 0. The van der Waals surface area contributed by atoms with E-state index in [1.807, 2.05) is 0 Å². The van der Waals surface area contributed by atoms with Gasteiger partial charge < -0.3 is 14.2 Å². The van der Waals surface area contributed by atoms with Crippen molar-refractivity contribution in [3.8, 4) is 0 Å². The first kappa shape index (κ1) is 16.5. The van der Waals surface area contributed by atoms with Crippen molar-refractivity contribution < 1.29 is 14.2 Å². The summed E-state index contributed by atoms with van der Waals surface area (Å²) in [5.74, 6) is -0.285. The monoisotopic (exact) mass is 300 g/mol. The molecule has 1 spiro atoms. The summed E-state index contributed by atoms with van der Waals surface area (Å²) in [7, 11) is 0.627. The van der Waals surface area contributed by atoms with Crippen molar-refractivity contribution >= 4 is 8.07 Å². The van der Waals surface area contributed by atoms with E-state index < -0.39 is 8.07 Å². The molecule has 1 atom stereocenters. The molecule has 1 saturated heterocycles. The molecule has 0 aromatic heterocycles. The van der Waals surface area contributed by atoms with Gasteiger partial charge in [-0.05, 0) is 26.7 Å². The first-order chi connectivity index (χ1) is 9.04. The maximum absolute atomic E-state index is 6.20. The minimum atomic E-state index is -1.16. The van der Waals surface area contributed by atoms with E-state index in [0.717, 1.165) is 32.5 Å². The molecule has 0 bridgehead atoms. The molecule has 0 aromatic carbocycles. The van der Waals surface area contributed by atoms with E-state index in [0.29, 0.717) is 5.54 Å². The summed E-state index contributed by atoms with van der Waals surface area (Å²) in [5, 5.41) is 0. The van der Waals surface area contributed by atoms with Crippen LogP contribution < -0.4 is 0 Å². The predicted molar refractivity (Wildman–Crippen MR) is 84.8 cm³/mol. The van der Waals surface area contributed by atoms with Crippen molar-refractivity contribution in [2.75, 3.05) is 20.3 Å². The lowest BCUT2D eigenvalue weighted by molar-refractivity contribution is -0.223. The smallest absolute Gasteiger partial charge is 0.174 e. The zero-order chi connectivity index (χ0) is 15.2. The van der Waals surface area contributed by atoms with Crippen molar-refractivity contribution in [2.45, 2.75) is 76.6 Å². The number of rotatable bonds is 5. The molecule has 2 aliphatic rings. The van der Waals surface area contributed by atoms with E-state index in [2.05, 4.69) is 40.4 Å². The van der Waals surface area contributed by atoms with Gasteiger partial charge in [0, 0.05) is 24.5 Å². The standard InChI is InChI=1S/C16H32O3Si/c1-14(2,17-4)8-9-15(3)12-16(15)18-10-13(11-19-16)20(5,6)7/h13H,8-12H2,1-7H3. The van der Waals surface area contributed by atoms with Crippen molar-refractivity contribution in [3.63, 3.8) is 0 Å². The first-order valence-electron chi connectivity index (χ1n) is 7.87. The molecule has 4 heteroatoms. The lowest BCUT2D eigenvalue weighted by Gasteiger charge is -2.38. The minimum Gasteiger partial charge on any atom is -0.379 e. The Hall–Kier alpha value is 0.0969. The lowest BCUT2D eigenvalue weighted by atomic mass is 9.93. The van der Waals surface area contributed by atoms with Crippen LogP contribution in [0.4, 0.5) is 0 Å². The number of hydrogen-bond acceptors (Lipinski definition) is 3. The molecule has 0 amide bonds. The Morgan fingerprint density at radius 2 is 1.75 bits per heavy atom. The molecule has 0 aromatic rings. The summed E-state index contributed by atoms with van der Waals surface area (Å²) in [5.41, 5.74) is 0.753. The van der Waals surface area contributed by atoms with Crippen molar-refractivity contribution in [1.29, 1.82) is 0 Å². The Balaban J connectivity index is 1.88. The maximum Gasteiger partial charge on any atom is 0.174 e. The van der Waals surface area contributed by atoms with E-state index in [1.54, 1.807) is 7.11 Å². The molecule has 1 unspecified atom stereocenters. The molecular formula is C16H32O3Si. The van der Waals surface area contributed by atoms with E-state index in [4.69, 9.17) is 14.2 Å². The zero-order valence-electron chi connectivity index (χ0n) is 14.3. The van der Waals surface area contributed by atoms with Crippen LogP contribution in [0.5, 0.6) is 0 Å². The maximum atomic E-state index is 6.20. The second kappa shape index (κ2) is 5.08. The van der Waals surface area contributed by atoms with Crippen LogP contribution in [0.25, 0.3) is 0 Å². The third-order valence-corrected chi connectivity index (χ3v) is 8.29. The number of methoxy groups -OCH3 is 1. The number of ether oxygens (including phenoxy) is 3. The van der Waals surface area contributed by atoms with E-state index in [-0.39, 0.29) is 16.8 Å². The Labute approximate surface area is 125 Å². The third kappa shape index (κ3) is 3.13. The van der Waals surface area contributed by atoms with Gasteiger partial charge in [-0.3, -0.25) is 0 Å². The average Bonchev–Trinajstić information content (AvgIpc) is 2.91. The van der Waals surface area contributed by atoms with Gasteiger partial charge >= 0.3 is 0 Å². The van der Waals surface area contributed by atoms with Gasteiger partial charge in [-0.15, -0.1) is 0 Å². The van der Waals surface area contributed by atoms with Gasteiger partial charge in [0.2, 0.25) is 0 Å². The highest BCUT2D eigenvalue weighted by Crippen LogP contribution is 2.64. The molecule has 3 nitrogen and oxygen atoms in total. The van der Waals surface area contributed by atoms with Crippen LogP contribution in [0.15, 0.2) is 0 Å². The summed E-state index contributed by atoms with van der Waals surface area (Å²) in [4.78, 5) is 0. The highest BCUT2D eigenvalue weighted by atomic mass is 28.3. The van der Waals surface area contributed by atoms with Crippen LogP contribution in [0.1, 0.15) is 40.0 Å². The van der Waals surface area contributed by atoms with Crippen LogP contribution >= 0.6 is 0 Å². The van der Waals surface area contributed by atoms with Crippen molar-refractivity contribution in [1.82, 2.24) is 0 Å². The van der Waals surface area contributed by atoms with E-state index in [1.165, 1.54) is 0 Å². The van der Waals surface area contributed by atoms with E-state index in [9.17, 15) is 0 Å². The SMILES string of the molecule is COC(C)(C)CCC1(C)CC12OCC([Si](C)(C)C)CO2. The fourth-order valence-electron chi connectivity index (χ4n) is 2.94. The quantitative estimate of drug-likeness (QED) is 0.717. The highest BCUT2D eigenvalue weighted by molar-refractivity contribution is 6.77. The Morgan fingerprint density at radius 1 is 1.20 bits per heavy atom. The topological polar surface area (TPSA) is 27.7 Å². The van der Waals surface area contributed by atoms with E-state index >= 15 is 0 Å². The second-order valence-electron chi connectivity index (χ2n) is 8.64. The summed E-state index contributed by atoms with van der Waals surface area (Å²) < 4.78 is 17.9. The fraction of sp³-hybridized carbons (Fsp3) is 1.00. The molecule has 2 fully saturated rings. The Bertz CT molecular complexity index is 353. The molecule has 1 heterocycles. The Kier molecular flexibility index (Phi) is 4.18. The largest absolute Gasteiger partial charge is 0.379 e. The van der Waals surface area contributed by atoms with Crippen molar-refractivity contribution in [2.24, 2.45) is 5.41 Å². The first-order valence-corrected chi connectivity index (χ1v) is 11.4. The van der Waals surface area contributed by atoms with Gasteiger partial charge in [0.05, 0.1) is 26.9 Å². The van der Waals surface area contributed by atoms with Gasteiger partial charge in [0.25, 0.3) is 0 Å². The molecule has 1 aliphatic carbocycles. The van der Waals surface area contributed by atoms with Crippen LogP contribution in [0.3, 0.4) is 0 Å². The fourth-order valence-corrected chi connectivity index (χ4v) is 4.10. The highest BCUT2D eigenvalue weighted by Gasteiger charge is 2.68. The molecule has 1 aliphatic heterocycles. The Morgan fingerprint density at radius 3 is 2.20 bits per heavy atom. The summed E-state index contributed by atoms with van der Waals surface area (Å²) in [6.07, 6.45) is 3.19. The average molecular weight is 301 g/mol. The normalized spacial score (nSPS) is 38.2. The van der Waals surface area contributed by atoms with Crippen LogP contribution in [0, 0.1) is 5.41 Å². The van der Waals surface area contributed by atoms with Gasteiger partial charge in [0.15, 0.2) is 5.79 Å². The van der Waals surface area contributed by atoms with Crippen LogP contribution in [0.2, 0.25) is 25.2 Å². The molecule has 2 rings (SSSR count).